The molecule has 1 aromatic heterocycles. The van der Waals surface area contributed by atoms with Gasteiger partial charge in [-0.25, -0.2) is 0 Å². The summed E-state index contributed by atoms with van der Waals surface area (Å²) in [4.78, 5) is 2.45. The van der Waals surface area contributed by atoms with E-state index in [1.807, 2.05) is 6.07 Å². The second-order valence-electron chi connectivity index (χ2n) is 14.4. The largest absolute Gasteiger partial charge is 0.456 e. The Morgan fingerprint density at radius 1 is 0.286 bits per heavy atom. The number of anilines is 3. The molecule has 0 aliphatic rings. The summed E-state index contributed by atoms with van der Waals surface area (Å²) in [5, 5.41) is 9.64. The van der Waals surface area contributed by atoms with Gasteiger partial charge in [0.05, 0.1) is 22.4 Å². The zero-order chi connectivity index (χ0) is 37.0. The Kier molecular flexibility index (Phi) is 7.53. The van der Waals surface area contributed by atoms with Gasteiger partial charge in [0.15, 0.2) is 0 Å². The van der Waals surface area contributed by atoms with Gasteiger partial charge in [-0.15, -0.1) is 0 Å². The second-order valence-corrected chi connectivity index (χ2v) is 14.4. The van der Waals surface area contributed by atoms with Gasteiger partial charge in [0.25, 0.3) is 0 Å². The molecule has 262 valence electrons. The van der Waals surface area contributed by atoms with Gasteiger partial charge in [-0.3, -0.25) is 0 Å². The van der Waals surface area contributed by atoms with Crippen molar-refractivity contribution in [3.63, 3.8) is 0 Å². The Labute approximate surface area is 325 Å². The maximum absolute atomic E-state index is 6.50. The average molecular weight is 714 g/mol. The lowest BCUT2D eigenvalue weighted by molar-refractivity contribution is 0.669. The third-order valence-electron chi connectivity index (χ3n) is 11.3. The van der Waals surface area contributed by atoms with Gasteiger partial charge in [0.1, 0.15) is 11.2 Å². The molecule has 10 aromatic carbocycles. The summed E-state index contributed by atoms with van der Waals surface area (Å²) < 4.78 is 6.50. The van der Waals surface area contributed by atoms with E-state index in [0.29, 0.717) is 0 Å². The van der Waals surface area contributed by atoms with Crippen LogP contribution in [0.2, 0.25) is 0 Å². The molecule has 0 fully saturated rings. The molecule has 0 saturated heterocycles. The lowest BCUT2D eigenvalue weighted by Gasteiger charge is -2.30. The number of benzene rings is 10. The van der Waals surface area contributed by atoms with Crippen molar-refractivity contribution in [3.8, 4) is 33.4 Å². The molecule has 0 atom stereocenters. The third kappa shape index (κ3) is 5.26. The first-order valence-electron chi connectivity index (χ1n) is 19.2. The molecule has 0 bridgehead atoms. The molecule has 0 amide bonds. The van der Waals surface area contributed by atoms with Crippen molar-refractivity contribution >= 4 is 71.3 Å². The lowest BCUT2D eigenvalue weighted by Crippen LogP contribution is -2.13. The van der Waals surface area contributed by atoms with Crippen molar-refractivity contribution in [2.24, 2.45) is 0 Å². The van der Waals surface area contributed by atoms with E-state index in [4.69, 9.17) is 4.42 Å². The third-order valence-corrected chi connectivity index (χ3v) is 11.3. The molecule has 11 rings (SSSR count). The zero-order valence-corrected chi connectivity index (χ0v) is 30.6. The van der Waals surface area contributed by atoms with Crippen LogP contribution in [0, 0.1) is 0 Å². The molecule has 0 unspecified atom stereocenters. The fraction of sp³-hybridized carbons (Fsp3) is 0. The maximum Gasteiger partial charge on any atom is 0.137 e. The van der Waals surface area contributed by atoms with E-state index in [0.717, 1.165) is 55.7 Å². The molecule has 11 aromatic rings. The van der Waals surface area contributed by atoms with E-state index in [2.05, 4.69) is 211 Å². The van der Waals surface area contributed by atoms with E-state index in [1.54, 1.807) is 0 Å². The molecule has 0 spiro atoms. The zero-order valence-electron chi connectivity index (χ0n) is 30.6. The average Bonchev–Trinajstić information content (AvgIpc) is 3.66. The first-order valence-corrected chi connectivity index (χ1v) is 19.2. The summed E-state index contributed by atoms with van der Waals surface area (Å²) in [5.74, 6) is 0. The molecule has 0 N–H and O–H groups in total. The quantitative estimate of drug-likeness (QED) is 0.160. The highest BCUT2D eigenvalue weighted by Crippen LogP contribution is 2.49. The highest BCUT2D eigenvalue weighted by atomic mass is 16.3. The fourth-order valence-corrected chi connectivity index (χ4v) is 8.63. The second kappa shape index (κ2) is 13.2. The minimum Gasteiger partial charge on any atom is -0.456 e. The SMILES string of the molecule is c1ccc(N(c2ccccc2-c2cccc3c2ccc2ccccc23)c2cccc3oc4ccccc4c23)c(-c2ccc(-c3ccc4ccccc4c3)cc2)c1. The Hall–Kier alpha value is -7.42. The lowest BCUT2D eigenvalue weighted by atomic mass is 9.92. The van der Waals surface area contributed by atoms with Crippen LogP contribution in [0.25, 0.3) is 87.6 Å². The molecular weight excluding hydrogens is 679 g/mol. The number of nitrogens with zero attached hydrogens (tertiary/aromatic N) is 1. The van der Waals surface area contributed by atoms with Crippen molar-refractivity contribution in [3.05, 3.63) is 212 Å². The smallest absolute Gasteiger partial charge is 0.137 e. The van der Waals surface area contributed by atoms with Crippen LogP contribution in [0.1, 0.15) is 0 Å². The fourth-order valence-electron chi connectivity index (χ4n) is 8.63. The van der Waals surface area contributed by atoms with Crippen LogP contribution in [0.3, 0.4) is 0 Å². The van der Waals surface area contributed by atoms with Crippen LogP contribution in [0.4, 0.5) is 17.1 Å². The summed E-state index contributed by atoms with van der Waals surface area (Å²) in [6.07, 6.45) is 0. The molecular formula is C54H35NO. The minimum absolute atomic E-state index is 0.861. The first-order chi connectivity index (χ1) is 27.8. The molecule has 0 aliphatic heterocycles. The molecule has 1 heterocycles. The summed E-state index contributed by atoms with van der Waals surface area (Å²) in [5.41, 5.74) is 12.0. The Bertz CT molecular complexity index is 3260. The Morgan fingerprint density at radius 2 is 0.839 bits per heavy atom. The van der Waals surface area contributed by atoms with Gasteiger partial charge in [0, 0.05) is 16.5 Å². The summed E-state index contributed by atoms with van der Waals surface area (Å²) in [6, 6.07) is 76.6. The normalized spacial score (nSPS) is 11.6. The molecule has 0 aliphatic carbocycles. The Balaban J connectivity index is 1.14. The highest BCUT2D eigenvalue weighted by molar-refractivity contribution is 6.16. The Morgan fingerprint density at radius 3 is 1.70 bits per heavy atom. The number of hydrogen-bond acceptors (Lipinski definition) is 2. The van der Waals surface area contributed by atoms with Gasteiger partial charge < -0.3 is 9.32 Å². The van der Waals surface area contributed by atoms with E-state index >= 15 is 0 Å². The summed E-state index contributed by atoms with van der Waals surface area (Å²) in [7, 11) is 0. The molecule has 2 nitrogen and oxygen atoms in total. The van der Waals surface area contributed by atoms with Gasteiger partial charge >= 0.3 is 0 Å². The van der Waals surface area contributed by atoms with Crippen LogP contribution in [-0.2, 0) is 0 Å². The predicted octanol–water partition coefficient (Wildman–Crippen LogP) is 15.5. The van der Waals surface area contributed by atoms with Gasteiger partial charge in [-0.05, 0) is 91.0 Å². The van der Waals surface area contributed by atoms with Crippen LogP contribution in [0.15, 0.2) is 217 Å². The topological polar surface area (TPSA) is 16.4 Å². The van der Waals surface area contributed by atoms with E-state index < -0.39 is 0 Å². The van der Waals surface area contributed by atoms with E-state index in [1.165, 1.54) is 49.0 Å². The number of fused-ring (bicyclic) bond motifs is 7. The molecule has 56 heavy (non-hydrogen) atoms. The van der Waals surface area contributed by atoms with E-state index in [9.17, 15) is 0 Å². The molecule has 0 radical (unpaired) electrons. The van der Waals surface area contributed by atoms with Gasteiger partial charge in [-0.2, -0.15) is 0 Å². The standard InChI is InChI=1S/C54H35NO/c1-2-15-40-35-41(32-29-36(40)13-1)37-27-30-39(31-28-37)43-17-5-8-22-49(43)55(51-24-12-26-53-54(51)48-19-7-10-25-52(48)56-53)50-23-9-6-18-47(50)45-21-11-20-44-42-16-4-3-14-38(42)33-34-46(44)45/h1-35H. The van der Waals surface area contributed by atoms with Crippen LogP contribution in [0.5, 0.6) is 0 Å². The van der Waals surface area contributed by atoms with Gasteiger partial charge in [-0.1, -0.05) is 176 Å². The number of para-hydroxylation sites is 3. The highest BCUT2D eigenvalue weighted by Gasteiger charge is 2.24. The van der Waals surface area contributed by atoms with E-state index in [-0.39, 0.29) is 0 Å². The van der Waals surface area contributed by atoms with Crippen LogP contribution in [-0.4, -0.2) is 0 Å². The van der Waals surface area contributed by atoms with Crippen molar-refractivity contribution in [2.75, 3.05) is 4.90 Å². The number of rotatable bonds is 6. The number of furan rings is 1. The number of hydrogen-bond donors (Lipinski definition) is 0. The summed E-state index contributed by atoms with van der Waals surface area (Å²) >= 11 is 0. The van der Waals surface area contributed by atoms with Crippen molar-refractivity contribution < 1.29 is 4.42 Å². The van der Waals surface area contributed by atoms with Crippen LogP contribution >= 0.6 is 0 Å². The van der Waals surface area contributed by atoms with Crippen LogP contribution < -0.4 is 4.90 Å². The first kappa shape index (κ1) is 32.0. The minimum atomic E-state index is 0.861. The summed E-state index contributed by atoms with van der Waals surface area (Å²) in [6.45, 7) is 0. The van der Waals surface area contributed by atoms with Crippen molar-refractivity contribution in [1.82, 2.24) is 0 Å². The van der Waals surface area contributed by atoms with Gasteiger partial charge in [0.2, 0.25) is 0 Å². The maximum atomic E-state index is 6.50. The molecule has 0 saturated carbocycles. The predicted molar refractivity (Wildman–Crippen MR) is 237 cm³/mol. The van der Waals surface area contributed by atoms with Crippen molar-refractivity contribution in [1.29, 1.82) is 0 Å². The molecule has 2 heteroatoms. The monoisotopic (exact) mass is 713 g/mol. The van der Waals surface area contributed by atoms with Crippen molar-refractivity contribution in [2.45, 2.75) is 0 Å².